The number of halogens is 1. The number of nitriles is 1. The molecule has 3 atom stereocenters. The third-order valence-corrected chi connectivity index (χ3v) is 9.68. The fourth-order valence-electron chi connectivity index (χ4n) is 7.17. The van der Waals surface area contributed by atoms with E-state index in [1.807, 2.05) is 6.07 Å². The van der Waals surface area contributed by atoms with Gasteiger partial charge in [-0.3, -0.25) is 4.79 Å². The van der Waals surface area contributed by atoms with Crippen molar-refractivity contribution in [2.75, 3.05) is 61.5 Å². The minimum Gasteiger partial charge on any atom is -0.365 e. The molecular weight excluding hydrogens is 531 g/mol. The molecule has 1 aliphatic carbocycles. The van der Waals surface area contributed by atoms with Gasteiger partial charge in [-0.05, 0) is 70.5 Å². The fourth-order valence-corrected chi connectivity index (χ4v) is 7.17. The van der Waals surface area contributed by atoms with Gasteiger partial charge in [0, 0.05) is 68.5 Å². The third kappa shape index (κ3) is 5.19. The Hall–Kier alpha value is -3.71. The van der Waals surface area contributed by atoms with Gasteiger partial charge in [-0.25, -0.2) is 9.37 Å². The number of aryl methyl sites for hydroxylation is 1. The molecule has 0 spiro atoms. The lowest BCUT2D eigenvalue weighted by Crippen LogP contribution is -2.58. The van der Waals surface area contributed by atoms with E-state index in [1.165, 1.54) is 17.2 Å². The molecule has 1 aromatic carbocycles. The van der Waals surface area contributed by atoms with Crippen LogP contribution in [0.5, 0.6) is 0 Å². The summed E-state index contributed by atoms with van der Waals surface area (Å²) in [6.07, 6.45) is 6.17. The second-order valence-electron chi connectivity index (χ2n) is 12.5. The summed E-state index contributed by atoms with van der Waals surface area (Å²) in [6.45, 7) is 9.38. The zero-order valence-electron chi connectivity index (χ0n) is 25.0. The van der Waals surface area contributed by atoms with Gasteiger partial charge in [0.1, 0.15) is 11.6 Å². The summed E-state index contributed by atoms with van der Waals surface area (Å²) in [5.74, 6) is 1.37. The Morgan fingerprint density at radius 3 is 2.71 bits per heavy atom. The summed E-state index contributed by atoms with van der Waals surface area (Å²) >= 11 is 0. The van der Waals surface area contributed by atoms with Crippen LogP contribution in [0.2, 0.25) is 0 Å². The van der Waals surface area contributed by atoms with Crippen LogP contribution in [0.25, 0.3) is 0 Å². The maximum absolute atomic E-state index is 14.4. The SMILES string of the molecule is C=CC(=O)N1CCN(c2nc(N3CC(N(C)C)C3)nc3c2CC[C@@H](N2c4cc(F)ccc4CC[C@@H]2C)C3)C[C@@H]1CC#N. The van der Waals surface area contributed by atoms with Crippen molar-refractivity contribution < 1.29 is 9.18 Å². The van der Waals surface area contributed by atoms with Crippen molar-refractivity contribution in [3.8, 4) is 6.07 Å². The Kier molecular flexibility index (Phi) is 7.79. The standard InChI is InChI=1S/C32H41FN8O/c1-5-30(42)40-15-14-38(18-25(40)12-13-34)31-27-11-10-24(41-21(2)6-7-22-8-9-23(33)16-29(22)41)17-28(27)35-32(36-31)39-19-26(20-39)37(3)4/h5,8-9,16,21,24-26H,1,6-7,10-12,14-15,17-20H2,2-4H3/t21-,24+,25-/m0/s1. The van der Waals surface area contributed by atoms with Gasteiger partial charge in [0.05, 0.1) is 24.2 Å². The Balaban J connectivity index is 1.34. The van der Waals surface area contributed by atoms with Gasteiger partial charge < -0.3 is 24.5 Å². The summed E-state index contributed by atoms with van der Waals surface area (Å²) in [4.78, 5) is 33.8. The molecule has 3 aliphatic heterocycles. The van der Waals surface area contributed by atoms with Crippen LogP contribution in [-0.4, -0.2) is 96.7 Å². The number of hydrogen-bond donors (Lipinski definition) is 0. The summed E-state index contributed by atoms with van der Waals surface area (Å²) in [6, 6.07) is 8.29. The molecule has 2 aromatic rings. The van der Waals surface area contributed by atoms with Crippen molar-refractivity contribution in [1.29, 1.82) is 5.26 Å². The number of aromatic nitrogens is 2. The van der Waals surface area contributed by atoms with Crippen LogP contribution >= 0.6 is 0 Å². The molecule has 4 aliphatic rings. The van der Waals surface area contributed by atoms with E-state index in [-0.39, 0.29) is 30.2 Å². The zero-order valence-corrected chi connectivity index (χ0v) is 25.0. The number of carbonyl (C=O) groups is 1. The quantitative estimate of drug-likeness (QED) is 0.489. The maximum Gasteiger partial charge on any atom is 0.246 e. The van der Waals surface area contributed by atoms with Gasteiger partial charge in [-0.2, -0.15) is 10.2 Å². The van der Waals surface area contributed by atoms with Crippen LogP contribution in [-0.2, 0) is 24.1 Å². The lowest BCUT2D eigenvalue weighted by atomic mass is 9.86. The van der Waals surface area contributed by atoms with Crippen molar-refractivity contribution in [1.82, 2.24) is 19.8 Å². The molecule has 4 heterocycles. The van der Waals surface area contributed by atoms with E-state index in [4.69, 9.17) is 9.97 Å². The Morgan fingerprint density at radius 1 is 1.17 bits per heavy atom. The normalized spacial score (nSPS) is 24.1. The van der Waals surface area contributed by atoms with Crippen molar-refractivity contribution in [2.24, 2.45) is 0 Å². The maximum atomic E-state index is 14.4. The van der Waals surface area contributed by atoms with Gasteiger partial charge >= 0.3 is 0 Å². The number of nitrogens with zero attached hydrogens (tertiary/aromatic N) is 8. The topological polar surface area (TPSA) is 82.8 Å². The molecule has 1 aromatic heterocycles. The van der Waals surface area contributed by atoms with Crippen LogP contribution in [0.4, 0.5) is 21.8 Å². The summed E-state index contributed by atoms with van der Waals surface area (Å²) in [7, 11) is 4.21. The van der Waals surface area contributed by atoms with Crippen LogP contribution < -0.4 is 14.7 Å². The number of amides is 1. The first kappa shape index (κ1) is 28.4. The first-order valence-corrected chi connectivity index (χ1v) is 15.2. The lowest BCUT2D eigenvalue weighted by Gasteiger charge is -2.46. The van der Waals surface area contributed by atoms with E-state index < -0.39 is 0 Å². The molecular formula is C32H41FN8O. The summed E-state index contributed by atoms with van der Waals surface area (Å²) in [5.41, 5.74) is 4.48. The number of piperazine rings is 1. The number of benzene rings is 1. The molecule has 0 radical (unpaired) electrons. The highest BCUT2D eigenvalue weighted by Crippen LogP contribution is 2.39. The highest BCUT2D eigenvalue weighted by atomic mass is 19.1. The number of anilines is 3. The first-order valence-electron chi connectivity index (χ1n) is 15.2. The monoisotopic (exact) mass is 572 g/mol. The molecule has 0 saturated carbocycles. The van der Waals surface area contributed by atoms with E-state index in [1.54, 1.807) is 17.0 Å². The summed E-state index contributed by atoms with van der Waals surface area (Å²) < 4.78 is 14.4. The number of hydrogen-bond acceptors (Lipinski definition) is 8. The van der Waals surface area contributed by atoms with Crippen LogP contribution in [0.3, 0.4) is 0 Å². The second kappa shape index (κ2) is 11.5. The van der Waals surface area contributed by atoms with Crippen molar-refractivity contribution in [3.63, 3.8) is 0 Å². The minimum atomic E-state index is -0.220. The van der Waals surface area contributed by atoms with Crippen molar-refractivity contribution >= 4 is 23.4 Å². The van der Waals surface area contributed by atoms with Crippen LogP contribution in [0, 0.1) is 17.1 Å². The Morgan fingerprint density at radius 2 is 1.98 bits per heavy atom. The number of carbonyl (C=O) groups excluding carboxylic acids is 1. The van der Waals surface area contributed by atoms with Crippen LogP contribution in [0.15, 0.2) is 30.9 Å². The van der Waals surface area contributed by atoms with Gasteiger partial charge in [0.25, 0.3) is 0 Å². The summed E-state index contributed by atoms with van der Waals surface area (Å²) in [5, 5.41) is 9.53. The fraction of sp³-hybridized carbons (Fsp3) is 0.562. The zero-order chi connectivity index (χ0) is 29.5. The van der Waals surface area contributed by atoms with E-state index in [0.717, 1.165) is 68.3 Å². The largest absolute Gasteiger partial charge is 0.365 e. The third-order valence-electron chi connectivity index (χ3n) is 9.68. The van der Waals surface area contributed by atoms with Gasteiger partial charge in [-0.15, -0.1) is 0 Å². The van der Waals surface area contributed by atoms with Crippen molar-refractivity contribution in [2.45, 2.75) is 69.6 Å². The molecule has 0 bridgehead atoms. The molecule has 6 rings (SSSR count). The highest BCUT2D eigenvalue weighted by Gasteiger charge is 2.38. The minimum absolute atomic E-state index is 0.133. The molecule has 0 N–H and O–H groups in total. The predicted octanol–water partition coefficient (Wildman–Crippen LogP) is 3.18. The smallest absolute Gasteiger partial charge is 0.246 e. The molecule has 2 fully saturated rings. The molecule has 9 nitrogen and oxygen atoms in total. The average molecular weight is 573 g/mol. The van der Waals surface area contributed by atoms with E-state index in [2.05, 4.69) is 53.3 Å². The van der Waals surface area contributed by atoms with Crippen molar-refractivity contribution in [3.05, 3.63) is 53.5 Å². The molecule has 0 unspecified atom stereocenters. The van der Waals surface area contributed by atoms with E-state index >= 15 is 0 Å². The lowest BCUT2D eigenvalue weighted by molar-refractivity contribution is -0.128. The Labute approximate surface area is 248 Å². The number of fused-ring (bicyclic) bond motifs is 2. The highest BCUT2D eigenvalue weighted by molar-refractivity contribution is 5.87. The number of rotatable bonds is 6. The molecule has 2 saturated heterocycles. The Bertz CT molecular complexity index is 1400. The number of likely N-dealkylation sites (N-methyl/N-ethyl adjacent to an activating group) is 1. The molecule has 1 amide bonds. The van der Waals surface area contributed by atoms with Crippen LogP contribution in [0.1, 0.15) is 43.0 Å². The first-order chi connectivity index (χ1) is 20.3. The average Bonchev–Trinajstić information content (AvgIpc) is 2.95. The van der Waals surface area contributed by atoms with Gasteiger partial charge in [0.15, 0.2) is 0 Å². The van der Waals surface area contributed by atoms with E-state index in [0.29, 0.717) is 31.7 Å². The molecule has 42 heavy (non-hydrogen) atoms. The second-order valence-corrected chi connectivity index (χ2v) is 12.5. The van der Waals surface area contributed by atoms with E-state index in [9.17, 15) is 14.4 Å². The van der Waals surface area contributed by atoms with Gasteiger partial charge in [-0.1, -0.05) is 12.6 Å². The molecule has 222 valence electrons. The predicted molar refractivity (Wildman–Crippen MR) is 162 cm³/mol. The van der Waals surface area contributed by atoms with Gasteiger partial charge in [0.2, 0.25) is 11.9 Å². The molecule has 10 heteroatoms.